The minimum Gasteiger partial charge on any atom is -0.299 e. The number of hydrogen-bond acceptors (Lipinski definition) is 3. The van der Waals surface area contributed by atoms with Gasteiger partial charge in [-0.15, -0.1) is 11.3 Å². The highest BCUT2D eigenvalue weighted by Crippen LogP contribution is 2.28. The van der Waals surface area contributed by atoms with Gasteiger partial charge in [-0.2, -0.15) is 5.10 Å². The monoisotopic (exact) mass is 267 g/mol. The molecule has 0 aliphatic heterocycles. The fourth-order valence-electron chi connectivity index (χ4n) is 1.60. The summed E-state index contributed by atoms with van der Waals surface area (Å²) in [6.07, 6.45) is 1.11. The summed E-state index contributed by atoms with van der Waals surface area (Å²) in [5, 5.41) is 9.29. The first-order valence-corrected chi connectivity index (χ1v) is 7.01. The lowest BCUT2D eigenvalue weighted by molar-refractivity contribution is 0.294. The molecule has 0 spiro atoms. The van der Waals surface area contributed by atoms with E-state index in [0.717, 1.165) is 23.7 Å². The van der Waals surface area contributed by atoms with E-state index in [-0.39, 0.29) is 5.41 Å². The van der Waals surface area contributed by atoms with Crippen LogP contribution in [0.5, 0.6) is 0 Å². The van der Waals surface area contributed by atoms with Crippen molar-refractivity contribution in [3.05, 3.63) is 22.3 Å². The summed E-state index contributed by atoms with van der Waals surface area (Å²) in [5.41, 5.74) is 0.230. The van der Waals surface area contributed by atoms with Crippen molar-refractivity contribution < 1.29 is 0 Å². The van der Waals surface area contributed by atoms with Crippen LogP contribution >= 0.6 is 23.6 Å². The van der Waals surface area contributed by atoms with E-state index in [1.54, 1.807) is 11.3 Å². The zero-order valence-electron chi connectivity index (χ0n) is 10.4. The molecule has 0 unspecified atom stereocenters. The Morgan fingerprint density at radius 1 is 1.53 bits per heavy atom. The molecule has 1 N–H and O–H groups in total. The molecule has 0 aliphatic carbocycles. The van der Waals surface area contributed by atoms with Gasteiger partial charge in [0.1, 0.15) is 0 Å². The van der Waals surface area contributed by atoms with Crippen LogP contribution in [0.2, 0.25) is 0 Å². The van der Waals surface area contributed by atoms with Crippen LogP contribution in [0.3, 0.4) is 0 Å². The molecule has 92 valence electrons. The molecular weight excluding hydrogens is 250 g/mol. The van der Waals surface area contributed by atoms with Gasteiger partial charge in [-0.25, -0.2) is 0 Å². The Kier molecular flexibility index (Phi) is 3.49. The fourth-order valence-corrected chi connectivity index (χ4v) is 2.52. The van der Waals surface area contributed by atoms with Crippen molar-refractivity contribution in [1.82, 2.24) is 14.8 Å². The number of H-pyrrole nitrogens is 1. The number of aromatic amines is 1. The molecule has 0 bridgehead atoms. The summed E-state index contributed by atoms with van der Waals surface area (Å²) in [6, 6.07) is 4.11. The quantitative estimate of drug-likeness (QED) is 0.846. The molecule has 2 rings (SSSR count). The van der Waals surface area contributed by atoms with Crippen molar-refractivity contribution in [2.45, 2.75) is 33.7 Å². The van der Waals surface area contributed by atoms with Gasteiger partial charge in [-0.3, -0.25) is 9.67 Å². The van der Waals surface area contributed by atoms with Crippen LogP contribution < -0.4 is 0 Å². The molecule has 2 heterocycles. The average Bonchev–Trinajstić information content (AvgIpc) is 2.90. The number of hydrogen-bond donors (Lipinski definition) is 1. The molecule has 0 atom stereocenters. The van der Waals surface area contributed by atoms with E-state index in [1.807, 2.05) is 6.07 Å². The molecule has 2 aromatic rings. The molecule has 0 saturated carbocycles. The first-order valence-electron chi connectivity index (χ1n) is 5.72. The maximum atomic E-state index is 5.31. The summed E-state index contributed by atoms with van der Waals surface area (Å²) in [7, 11) is 0. The summed E-state index contributed by atoms with van der Waals surface area (Å²) in [6.45, 7) is 7.60. The van der Waals surface area contributed by atoms with E-state index in [9.17, 15) is 0 Å². The molecule has 0 fully saturated rings. The van der Waals surface area contributed by atoms with Gasteiger partial charge in [0.2, 0.25) is 0 Å². The van der Waals surface area contributed by atoms with E-state index in [0.29, 0.717) is 4.77 Å². The second kappa shape index (κ2) is 4.74. The largest absolute Gasteiger partial charge is 0.299 e. The number of nitrogens with one attached hydrogen (secondary N) is 1. The van der Waals surface area contributed by atoms with Crippen molar-refractivity contribution >= 4 is 23.6 Å². The molecule has 17 heavy (non-hydrogen) atoms. The maximum absolute atomic E-state index is 5.31. The predicted molar refractivity (Wildman–Crippen MR) is 74.8 cm³/mol. The van der Waals surface area contributed by atoms with Gasteiger partial charge >= 0.3 is 0 Å². The number of rotatable bonds is 4. The topological polar surface area (TPSA) is 33.6 Å². The van der Waals surface area contributed by atoms with Crippen LogP contribution in [0.15, 0.2) is 17.5 Å². The summed E-state index contributed by atoms with van der Waals surface area (Å²) >= 11 is 7.00. The minimum atomic E-state index is 0.230. The van der Waals surface area contributed by atoms with Crippen LogP contribution in [0.25, 0.3) is 10.7 Å². The highest BCUT2D eigenvalue weighted by molar-refractivity contribution is 7.71. The average molecular weight is 267 g/mol. The van der Waals surface area contributed by atoms with Crippen molar-refractivity contribution in [2.24, 2.45) is 5.41 Å². The molecule has 0 saturated heterocycles. The third kappa shape index (κ3) is 2.66. The molecule has 2 aromatic heterocycles. The lowest BCUT2D eigenvalue weighted by Gasteiger charge is -2.23. The Bertz CT molecular complexity index is 534. The summed E-state index contributed by atoms with van der Waals surface area (Å²) in [4.78, 5) is 1.16. The second-order valence-electron chi connectivity index (χ2n) is 4.93. The molecule has 5 heteroatoms. The number of nitrogens with zero attached hydrogens (tertiary/aromatic N) is 2. The molecule has 3 nitrogen and oxygen atoms in total. The SMILES string of the molecule is CCC(C)(C)Cn1c(-c2cccs2)n[nH]c1=S. The zero-order valence-corrected chi connectivity index (χ0v) is 12.0. The van der Waals surface area contributed by atoms with Crippen molar-refractivity contribution in [2.75, 3.05) is 0 Å². The van der Waals surface area contributed by atoms with Crippen LogP contribution in [0.1, 0.15) is 27.2 Å². The smallest absolute Gasteiger partial charge is 0.195 e. The first-order chi connectivity index (χ1) is 8.03. The van der Waals surface area contributed by atoms with Crippen LogP contribution in [0, 0.1) is 10.2 Å². The molecule has 0 amide bonds. The Labute approximate surface area is 111 Å². The van der Waals surface area contributed by atoms with Crippen LogP contribution in [-0.2, 0) is 6.54 Å². The van der Waals surface area contributed by atoms with Crippen molar-refractivity contribution in [1.29, 1.82) is 0 Å². The normalized spacial score (nSPS) is 11.9. The van der Waals surface area contributed by atoms with E-state index >= 15 is 0 Å². The Balaban J connectivity index is 2.41. The van der Waals surface area contributed by atoms with Gasteiger partial charge < -0.3 is 0 Å². The van der Waals surface area contributed by atoms with E-state index in [1.165, 1.54) is 0 Å². The second-order valence-corrected chi connectivity index (χ2v) is 6.27. The Hall–Kier alpha value is -0.940. The maximum Gasteiger partial charge on any atom is 0.195 e. The van der Waals surface area contributed by atoms with E-state index in [2.05, 4.69) is 47.0 Å². The van der Waals surface area contributed by atoms with Crippen molar-refractivity contribution in [3.8, 4) is 10.7 Å². The van der Waals surface area contributed by atoms with Gasteiger partial charge in [0.25, 0.3) is 0 Å². The standard InChI is InChI=1S/C12H17N3S2/c1-4-12(2,3)8-15-10(13-14-11(15)16)9-6-5-7-17-9/h5-7H,4,8H2,1-3H3,(H,14,16). The highest BCUT2D eigenvalue weighted by atomic mass is 32.1. The van der Waals surface area contributed by atoms with Gasteiger partial charge in [0.15, 0.2) is 10.6 Å². The first kappa shape index (κ1) is 12.5. The van der Waals surface area contributed by atoms with Gasteiger partial charge in [-0.1, -0.05) is 26.8 Å². The minimum absolute atomic E-state index is 0.230. The highest BCUT2D eigenvalue weighted by Gasteiger charge is 2.19. The van der Waals surface area contributed by atoms with Crippen LogP contribution in [0.4, 0.5) is 0 Å². The third-order valence-corrected chi connectivity index (χ3v) is 4.22. The predicted octanol–water partition coefficient (Wildman–Crippen LogP) is 4.11. The summed E-state index contributed by atoms with van der Waals surface area (Å²) in [5.74, 6) is 0.950. The Morgan fingerprint density at radius 3 is 2.88 bits per heavy atom. The van der Waals surface area contributed by atoms with Crippen molar-refractivity contribution in [3.63, 3.8) is 0 Å². The molecule has 0 radical (unpaired) electrons. The molecule has 0 aromatic carbocycles. The Morgan fingerprint density at radius 2 is 2.29 bits per heavy atom. The zero-order chi connectivity index (χ0) is 12.5. The van der Waals surface area contributed by atoms with Gasteiger partial charge in [0.05, 0.1) is 4.88 Å². The fraction of sp³-hybridized carbons (Fsp3) is 0.500. The van der Waals surface area contributed by atoms with Gasteiger partial charge in [-0.05, 0) is 35.5 Å². The summed E-state index contributed by atoms with van der Waals surface area (Å²) < 4.78 is 2.81. The number of aromatic nitrogens is 3. The molecule has 0 aliphatic rings. The third-order valence-electron chi connectivity index (χ3n) is 3.04. The van der Waals surface area contributed by atoms with Crippen LogP contribution in [-0.4, -0.2) is 14.8 Å². The lowest BCUT2D eigenvalue weighted by Crippen LogP contribution is -2.19. The van der Waals surface area contributed by atoms with E-state index in [4.69, 9.17) is 12.2 Å². The molecular formula is C12H17N3S2. The van der Waals surface area contributed by atoms with Gasteiger partial charge in [0, 0.05) is 6.54 Å². The van der Waals surface area contributed by atoms with E-state index < -0.39 is 0 Å². The lowest BCUT2D eigenvalue weighted by atomic mass is 9.90. The number of thiophene rings is 1.